The van der Waals surface area contributed by atoms with Gasteiger partial charge in [0.05, 0.1) is 11.3 Å². The van der Waals surface area contributed by atoms with E-state index in [9.17, 15) is 9.18 Å². The molecule has 1 amide bonds. The van der Waals surface area contributed by atoms with Crippen LogP contribution in [0, 0.1) is 5.82 Å². The number of carbonyl (C=O) groups is 1. The zero-order valence-corrected chi connectivity index (χ0v) is 13.6. The molecule has 0 saturated heterocycles. The predicted molar refractivity (Wildman–Crippen MR) is 96.9 cm³/mol. The van der Waals surface area contributed by atoms with Crippen LogP contribution in [0.15, 0.2) is 72.9 Å². The van der Waals surface area contributed by atoms with Crippen LogP contribution in [0.5, 0.6) is 0 Å². The number of para-hydroxylation sites is 1. The molecule has 4 nitrogen and oxygen atoms in total. The summed E-state index contributed by atoms with van der Waals surface area (Å²) >= 11 is 0. The molecule has 0 bridgehead atoms. The molecule has 25 heavy (non-hydrogen) atoms. The van der Waals surface area contributed by atoms with Gasteiger partial charge in [0.1, 0.15) is 5.82 Å². The third kappa shape index (κ3) is 4.64. The lowest BCUT2D eigenvalue weighted by Crippen LogP contribution is -2.28. The van der Waals surface area contributed by atoms with Gasteiger partial charge in [-0.15, -0.1) is 0 Å². The number of halogens is 1. The van der Waals surface area contributed by atoms with Gasteiger partial charge in [-0.2, -0.15) is 0 Å². The SMILES string of the molecule is O=C(NCCNc1ccccc1)c1ccc(-c2ccc(F)cc2)nc1. The highest BCUT2D eigenvalue weighted by Crippen LogP contribution is 2.17. The number of rotatable bonds is 6. The molecular formula is C20H18FN3O. The third-order valence-electron chi connectivity index (χ3n) is 3.68. The molecule has 0 fully saturated rings. The standard InChI is InChI=1S/C20H18FN3O/c21-17-9-6-15(7-10-17)19-11-8-16(14-24-19)20(25)23-13-12-22-18-4-2-1-3-5-18/h1-11,14,22H,12-13H2,(H,23,25). The lowest BCUT2D eigenvalue weighted by Gasteiger charge is -2.08. The Balaban J connectivity index is 1.51. The first kappa shape index (κ1) is 16.6. The Morgan fingerprint density at radius 1 is 0.920 bits per heavy atom. The van der Waals surface area contributed by atoms with Gasteiger partial charge in [-0.3, -0.25) is 9.78 Å². The minimum absolute atomic E-state index is 0.173. The van der Waals surface area contributed by atoms with Crippen molar-refractivity contribution in [1.29, 1.82) is 0 Å². The predicted octanol–water partition coefficient (Wildman–Crippen LogP) is 3.73. The summed E-state index contributed by atoms with van der Waals surface area (Å²) in [6.07, 6.45) is 1.53. The zero-order chi connectivity index (χ0) is 17.5. The average Bonchev–Trinajstić information content (AvgIpc) is 2.67. The molecule has 0 spiro atoms. The minimum Gasteiger partial charge on any atom is -0.383 e. The maximum Gasteiger partial charge on any atom is 0.252 e. The zero-order valence-electron chi connectivity index (χ0n) is 13.6. The summed E-state index contributed by atoms with van der Waals surface area (Å²) < 4.78 is 12.9. The number of hydrogen-bond acceptors (Lipinski definition) is 3. The van der Waals surface area contributed by atoms with E-state index in [2.05, 4.69) is 15.6 Å². The molecule has 0 aliphatic carbocycles. The van der Waals surface area contributed by atoms with Crippen LogP contribution in [-0.2, 0) is 0 Å². The smallest absolute Gasteiger partial charge is 0.252 e. The molecule has 3 aromatic rings. The second-order valence-corrected chi connectivity index (χ2v) is 5.49. The molecule has 0 saturated carbocycles. The van der Waals surface area contributed by atoms with Crippen molar-refractivity contribution in [2.45, 2.75) is 0 Å². The van der Waals surface area contributed by atoms with Crippen molar-refractivity contribution >= 4 is 11.6 Å². The number of hydrogen-bond donors (Lipinski definition) is 2. The molecule has 2 aromatic carbocycles. The topological polar surface area (TPSA) is 54.0 Å². The van der Waals surface area contributed by atoms with Gasteiger partial charge < -0.3 is 10.6 Å². The maximum absolute atomic E-state index is 12.9. The third-order valence-corrected chi connectivity index (χ3v) is 3.68. The molecule has 1 heterocycles. The lowest BCUT2D eigenvalue weighted by atomic mass is 10.1. The monoisotopic (exact) mass is 335 g/mol. The van der Waals surface area contributed by atoms with E-state index < -0.39 is 0 Å². The fraction of sp³-hybridized carbons (Fsp3) is 0.100. The number of carbonyl (C=O) groups excluding carboxylic acids is 1. The van der Waals surface area contributed by atoms with Crippen molar-refractivity contribution in [3.63, 3.8) is 0 Å². The molecule has 0 aliphatic heterocycles. The first-order valence-corrected chi connectivity index (χ1v) is 8.01. The molecule has 2 N–H and O–H groups in total. The van der Waals surface area contributed by atoms with Gasteiger partial charge in [0.2, 0.25) is 0 Å². The van der Waals surface area contributed by atoms with Gasteiger partial charge in [0.15, 0.2) is 0 Å². The van der Waals surface area contributed by atoms with Crippen molar-refractivity contribution in [3.05, 3.63) is 84.3 Å². The van der Waals surface area contributed by atoms with E-state index in [-0.39, 0.29) is 11.7 Å². The normalized spacial score (nSPS) is 10.3. The van der Waals surface area contributed by atoms with Crippen LogP contribution in [-0.4, -0.2) is 24.0 Å². The molecule has 0 radical (unpaired) electrons. The maximum atomic E-state index is 12.9. The van der Waals surface area contributed by atoms with Crippen molar-refractivity contribution in [3.8, 4) is 11.3 Å². The molecule has 1 aromatic heterocycles. The van der Waals surface area contributed by atoms with Crippen LogP contribution < -0.4 is 10.6 Å². The molecular weight excluding hydrogens is 317 g/mol. The summed E-state index contributed by atoms with van der Waals surface area (Å²) in [5.74, 6) is -0.461. The quantitative estimate of drug-likeness (QED) is 0.675. The molecule has 5 heteroatoms. The van der Waals surface area contributed by atoms with Crippen molar-refractivity contribution in [2.24, 2.45) is 0 Å². The summed E-state index contributed by atoms with van der Waals surface area (Å²) in [6, 6.07) is 19.4. The fourth-order valence-electron chi connectivity index (χ4n) is 2.36. The number of benzene rings is 2. The van der Waals surface area contributed by atoms with E-state index in [0.29, 0.717) is 24.3 Å². The van der Waals surface area contributed by atoms with Crippen LogP contribution in [0.25, 0.3) is 11.3 Å². The summed E-state index contributed by atoms with van der Waals surface area (Å²) in [4.78, 5) is 16.4. The summed E-state index contributed by atoms with van der Waals surface area (Å²) in [7, 11) is 0. The van der Waals surface area contributed by atoms with Crippen molar-refractivity contribution in [2.75, 3.05) is 18.4 Å². The second kappa shape index (κ2) is 8.06. The highest BCUT2D eigenvalue weighted by atomic mass is 19.1. The van der Waals surface area contributed by atoms with E-state index in [4.69, 9.17) is 0 Å². The van der Waals surface area contributed by atoms with Crippen LogP contribution >= 0.6 is 0 Å². The number of pyridine rings is 1. The molecule has 126 valence electrons. The van der Waals surface area contributed by atoms with Gasteiger partial charge in [0.25, 0.3) is 5.91 Å². The Morgan fingerprint density at radius 3 is 2.36 bits per heavy atom. The fourth-order valence-corrected chi connectivity index (χ4v) is 2.36. The minimum atomic E-state index is -0.288. The van der Waals surface area contributed by atoms with Gasteiger partial charge in [-0.25, -0.2) is 4.39 Å². The highest BCUT2D eigenvalue weighted by molar-refractivity contribution is 5.94. The molecule has 0 unspecified atom stereocenters. The number of nitrogens with one attached hydrogen (secondary N) is 2. The highest BCUT2D eigenvalue weighted by Gasteiger charge is 2.06. The van der Waals surface area contributed by atoms with Gasteiger partial charge >= 0.3 is 0 Å². The summed E-state index contributed by atoms with van der Waals surface area (Å²) in [5, 5.41) is 6.07. The van der Waals surface area contributed by atoms with Gasteiger partial charge in [0, 0.05) is 30.5 Å². The first-order chi connectivity index (χ1) is 12.2. The number of nitrogens with zero attached hydrogens (tertiary/aromatic N) is 1. The largest absolute Gasteiger partial charge is 0.383 e. The summed E-state index contributed by atoms with van der Waals surface area (Å²) in [5.41, 5.74) is 3.01. The van der Waals surface area contributed by atoms with Gasteiger partial charge in [-0.1, -0.05) is 18.2 Å². The Hall–Kier alpha value is -3.21. The van der Waals surface area contributed by atoms with E-state index >= 15 is 0 Å². The van der Waals surface area contributed by atoms with Crippen LogP contribution in [0.2, 0.25) is 0 Å². The average molecular weight is 335 g/mol. The lowest BCUT2D eigenvalue weighted by molar-refractivity contribution is 0.0955. The molecule has 3 rings (SSSR count). The van der Waals surface area contributed by atoms with Crippen molar-refractivity contribution < 1.29 is 9.18 Å². The van der Waals surface area contributed by atoms with Crippen LogP contribution in [0.3, 0.4) is 0 Å². The van der Waals surface area contributed by atoms with E-state index in [1.165, 1.54) is 18.3 Å². The first-order valence-electron chi connectivity index (χ1n) is 8.01. The van der Waals surface area contributed by atoms with E-state index in [1.807, 2.05) is 30.3 Å². The van der Waals surface area contributed by atoms with Gasteiger partial charge in [-0.05, 0) is 48.5 Å². The molecule has 0 atom stereocenters. The second-order valence-electron chi connectivity index (χ2n) is 5.49. The van der Waals surface area contributed by atoms with E-state index in [1.54, 1.807) is 24.3 Å². The number of anilines is 1. The molecule has 0 aliphatic rings. The van der Waals surface area contributed by atoms with E-state index in [0.717, 1.165) is 11.3 Å². The summed E-state index contributed by atoms with van der Waals surface area (Å²) in [6.45, 7) is 1.14. The Labute approximate surface area is 145 Å². The van der Waals surface area contributed by atoms with Crippen LogP contribution in [0.1, 0.15) is 10.4 Å². The number of amides is 1. The Bertz CT molecular complexity index is 818. The Kier molecular flexibility index (Phi) is 5.36. The van der Waals surface area contributed by atoms with Crippen LogP contribution in [0.4, 0.5) is 10.1 Å². The number of aromatic nitrogens is 1. The van der Waals surface area contributed by atoms with Crippen molar-refractivity contribution in [1.82, 2.24) is 10.3 Å². The Morgan fingerprint density at radius 2 is 1.68 bits per heavy atom.